The third-order valence-electron chi connectivity index (χ3n) is 2.90. The van der Waals surface area contributed by atoms with E-state index in [1.807, 2.05) is 0 Å². The maximum atomic E-state index is 8.74. The van der Waals surface area contributed by atoms with Gasteiger partial charge in [-0.1, -0.05) is 45.4 Å². The second-order valence-corrected chi connectivity index (χ2v) is 6.94. The summed E-state index contributed by atoms with van der Waals surface area (Å²) in [5.74, 6) is 1.43. The van der Waals surface area contributed by atoms with E-state index >= 15 is 0 Å². The van der Waals surface area contributed by atoms with Crippen molar-refractivity contribution >= 4 is 22.2 Å². The Morgan fingerprint density at radius 1 is 1.11 bits per heavy atom. The predicted octanol–water partition coefficient (Wildman–Crippen LogP) is 3.98. The molecule has 0 radical (unpaired) electrons. The van der Waals surface area contributed by atoms with Crippen LogP contribution in [0, 0.1) is 0 Å². The van der Waals surface area contributed by atoms with E-state index in [0.717, 1.165) is 5.25 Å². The minimum absolute atomic E-state index is 1.01. The fourth-order valence-corrected chi connectivity index (χ4v) is 3.38. The molecule has 0 aromatic heterocycles. The van der Waals surface area contributed by atoms with Crippen LogP contribution in [-0.4, -0.2) is 28.5 Å². The molecule has 2 N–H and O–H groups in total. The fraction of sp³-hybridized carbons (Fsp3) is 1.00. The van der Waals surface area contributed by atoms with Gasteiger partial charge in [0.1, 0.15) is 0 Å². The first kappa shape index (κ1) is 18.2. The van der Waals surface area contributed by atoms with E-state index in [0.29, 0.717) is 0 Å². The van der Waals surface area contributed by atoms with E-state index in [4.69, 9.17) is 17.5 Å². The topological polar surface area (TPSA) is 74.6 Å². The smallest absolute Gasteiger partial charge is 0.264 e. The van der Waals surface area contributed by atoms with Gasteiger partial charge in [-0.15, -0.1) is 0 Å². The van der Waals surface area contributed by atoms with Crippen LogP contribution in [0.2, 0.25) is 0 Å². The summed E-state index contributed by atoms with van der Waals surface area (Å²) in [6.45, 7) is 2.30. The Kier molecular flexibility index (Phi) is 11.2. The standard InChI is InChI=1S/C12H24S.H2O4S/c1-2-3-6-9-12-10-7-4-5-8-11-13-12;1-5(2,3)4/h12H,2-11H2,1H3;(H2,1,2,3,4). The van der Waals surface area contributed by atoms with Crippen LogP contribution in [0.15, 0.2) is 0 Å². The SMILES string of the molecule is CCCCCC1CCCCCCS1.O=S(=O)(O)O. The third-order valence-corrected chi connectivity index (χ3v) is 4.37. The van der Waals surface area contributed by atoms with Gasteiger partial charge < -0.3 is 0 Å². The molecule has 1 unspecified atom stereocenters. The molecule has 1 aliphatic rings. The Labute approximate surface area is 116 Å². The first-order valence-electron chi connectivity index (χ1n) is 6.75. The molecule has 18 heavy (non-hydrogen) atoms. The molecule has 1 atom stereocenters. The van der Waals surface area contributed by atoms with E-state index < -0.39 is 10.4 Å². The predicted molar refractivity (Wildman–Crippen MR) is 77.7 cm³/mol. The molecule has 0 spiro atoms. The molecular formula is C12H26O4S2. The molecule has 6 heteroatoms. The summed E-state index contributed by atoms with van der Waals surface area (Å²) in [5, 5.41) is 1.01. The van der Waals surface area contributed by atoms with E-state index in [9.17, 15) is 0 Å². The zero-order valence-corrected chi connectivity index (χ0v) is 12.8. The summed E-state index contributed by atoms with van der Waals surface area (Å²) >= 11 is 2.25. The molecule has 0 aromatic carbocycles. The maximum Gasteiger partial charge on any atom is 0.394 e. The van der Waals surface area contributed by atoms with Crippen LogP contribution in [0.1, 0.15) is 64.7 Å². The van der Waals surface area contributed by atoms with Gasteiger partial charge in [0.25, 0.3) is 0 Å². The lowest BCUT2D eigenvalue weighted by Crippen LogP contribution is -2.06. The lowest BCUT2D eigenvalue weighted by molar-refractivity contribution is 0.381. The van der Waals surface area contributed by atoms with Gasteiger partial charge >= 0.3 is 10.4 Å². The number of thioether (sulfide) groups is 1. The van der Waals surface area contributed by atoms with Crippen LogP contribution in [-0.2, 0) is 10.4 Å². The van der Waals surface area contributed by atoms with Gasteiger partial charge in [0, 0.05) is 5.25 Å². The molecule has 1 fully saturated rings. The first-order valence-corrected chi connectivity index (χ1v) is 9.19. The summed E-state index contributed by atoms with van der Waals surface area (Å²) in [6, 6.07) is 0. The van der Waals surface area contributed by atoms with Crippen LogP contribution < -0.4 is 0 Å². The Balaban J connectivity index is 0.000000494. The normalized spacial score (nSPS) is 21.4. The van der Waals surface area contributed by atoms with Gasteiger partial charge in [-0.25, -0.2) is 0 Å². The number of hydrogen-bond acceptors (Lipinski definition) is 3. The van der Waals surface area contributed by atoms with Crippen molar-refractivity contribution in [3.05, 3.63) is 0 Å². The average Bonchev–Trinajstić information content (AvgIpc) is 2.18. The van der Waals surface area contributed by atoms with Gasteiger partial charge in [-0.2, -0.15) is 20.2 Å². The molecule has 0 bridgehead atoms. The number of hydrogen-bond donors (Lipinski definition) is 2. The molecular weight excluding hydrogens is 272 g/mol. The van der Waals surface area contributed by atoms with E-state index in [1.54, 1.807) is 0 Å². The van der Waals surface area contributed by atoms with Crippen molar-refractivity contribution in [2.45, 2.75) is 70.0 Å². The van der Waals surface area contributed by atoms with Crippen molar-refractivity contribution in [2.24, 2.45) is 0 Å². The molecule has 1 heterocycles. The van der Waals surface area contributed by atoms with E-state index in [-0.39, 0.29) is 0 Å². The van der Waals surface area contributed by atoms with Crippen LogP contribution in [0.4, 0.5) is 0 Å². The summed E-state index contributed by atoms with van der Waals surface area (Å²) in [4.78, 5) is 0. The summed E-state index contributed by atoms with van der Waals surface area (Å²) < 4.78 is 31.6. The Morgan fingerprint density at radius 3 is 2.33 bits per heavy atom. The highest BCUT2D eigenvalue weighted by atomic mass is 32.3. The maximum absolute atomic E-state index is 8.74. The van der Waals surface area contributed by atoms with Gasteiger partial charge in [-0.3, -0.25) is 9.11 Å². The molecule has 0 aromatic rings. The lowest BCUT2D eigenvalue weighted by atomic mass is 10.1. The summed E-state index contributed by atoms with van der Waals surface area (Å²) in [7, 11) is -4.67. The zero-order chi connectivity index (χ0) is 13.9. The molecule has 0 saturated carbocycles. The Morgan fingerprint density at radius 2 is 1.72 bits per heavy atom. The second-order valence-electron chi connectivity index (χ2n) is 4.64. The third kappa shape index (κ3) is 16.2. The summed E-state index contributed by atoms with van der Waals surface area (Å²) in [5.41, 5.74) is 0. The molecule has 110 valence electrons. The van der Waals surface area contributed by atoms with Crippen LogP contribution in [0.3, 0.4) is 0 Å². The van der Waals surface area contributed by atoms with Crippen molar-refractivity contribution in [2.75, 3.05) is 5.75 Å². The summed E-state index contributed by atoms with van der Waals surface area (Å²) in [6.07, 6.45) is 13.2. The first-order chi connectivity index (χ1) is 8.43. The number of unbranched alkanes of at least 4 members (excludes halogenated alkanes) is 2. The van der Waals surface area contributed by atoms with E-state index in [1.165, 1.54) is 63.5 Å². The monoisotopic (exact) mass is 298 g/mol. The lowest BCUT2D eigenvalue weighted by Gasteiger charge is -2.18. The van der Waals surface area contributed by atoms with E-state index in [2.05, 4.69) is 18.7 Å². The van der Waals surface area contributed by atoms with Crippen molar-refractivity contribution in [3.63, 3.8) is 0 Å². The highest BCUT2D eigenvalue weighted by Crippen LogP contribution is 2.27. The molecule has 1 aliphatic heterocycles. The highest BCUT2D eigenvalue weighted by Gasteiger charge is 2.10. The zero-order valence-electron chi connectivity index (χ0n) is 11.2. The molecule has 0 aliphatic carbocycles. The molecule has 0 amide bonds. The average molecular weight is 298 g/mol. The minimum atomic E-state index is -4.67. The van der Waals surface area contributed by atoms with Crippen LogP contribution >= 0.6 is 11.8 Å². The van der Waals surface area contributed by atoms with Crippen molar-refractivity contribution in [1.82, 2.24) is 0 Å². The van der Waals surface area contributed by atoms with Crippen molar-refractivity contribution < 1.29 is 17.5 Å². The van der Waals surface area contributed by atoms with Crippen molar-refractivity contribution in [1.29, 1.82) is 0 Å². The fourth-order valence-electron chi connectivity index (χ4n) is 2.01. The van der Waals surface area contributed by atoms with Crippen molar-refractivity contribution in [3.8, 4) is 0 Å². The largest absolute Gasteiger partial charge is 0.394 e. The Hall–Kier alpha value is 0.220. The molecule has 1 rings (SSSR count). The second kappa shape index (κ2) is 11.1. The van der Waals surface area contributed by atoms with Crippen LogP contribution in [0.25, 0.3) is 0 Å². The van der Waals surface area contributed by atoms with Gasteiger partial charge in [0.2, 0.25) is 0 Å². The van der Waals surface area contributed by atoms with Gasteiger partial charge in [0.05, 0.1) is 0 Å². The van der Waals surface area contributed by atoms with Gasteiger partial charge in [-0.05, 0) is 25.0 Å². The number of rotatable bonds is 4. The van der Waals surface area contributed by atoms with Gasteiger partial charge in [0.15, 0.2) is 0 Å². The van der Waals surface area contributed by atoms with Crippen LogP contribution in [0.5, 0.6) is 0 Å². The highest BCUT2D eigenvalue weighted by molar-refractivity contribution is 7.99. The molecule has 4 nitrogen and oxygen atoms in total. The minimum Gasteiger partial charge on any atom is -0.264 e. The quantitative estimate of drug-likeness (QED) is 0.606. The Bertz CT molecular complexity index is 262. The molecule has 1 saturated heterocycles.